The van der Waals surface area contributed by atoms with Crippen LogP contribution in [0.25, 0.3) is 0 Å². The van der Waals surface area contributed by atoms with E-state index in [4.69, 9.17) is 0 Å². The molecule has 0 atom stereocenters. The van der Waals surface area contributed by atoms with E-state index in [0.29, 0.717) is 16.2 Å². The standard InChI is InChI=1S/C23H23O2P/c1-2-3-10-19-15-17-20(18-16-19)23(24)26(25,21-11-6-4-7-12-21)22-13-8-5-9-14-22/h4-9,11-18H,2-3,10H2,1H3. The van der Waals surface area contributed by atoms with Crippen LogP contribution in [0.15, 0.2) is 84.9 Å². The van der Waals surface area contributed by atoms with Gasteiger partial charge in [0.2, 0.25) is 12.7 Å². The predicted octanol–water partition coefficient (Wildman–Crippen LogP) is 5.18. The quantitative estimate of drug-likeness (QED) is 0.543. The van der Waals surface area contributed by atoms with Gasteiger partial charge in [-0.2, -0.15) is 0 Å². The van der Waals surface area contributed by atoms with Gasteiger partial charge in [-0.05, 0) is 18.4 Å². The second kappa shape index (κ2) is 8.29. The molecule has 0 heterocycles. The maximum Gasteiger partial charge on any atom is 0.230 e. The highest BCUT2D eigenvalue weighted by Crippen LogP contribution is 2.46. The predicted molar refractivity (Wildman–Crippen MR) is 109 cm³/mol. The van der Waals surface area contributed by atoms with E-state index in [0.717, 1.165) is 19.3 Å². The minimum atomic E-state index is -3.41. The van der Waals surface area contributed by atoms with Crippen LogP contribution in [0.3, 0.4) is 0 Å². The lowest BCUT2D eigenvalue weighted by molar-refractivity contribution is 0.107. The van der Waals surface area contributed by atoms with Gasteiger partial charge in [-0.25, -0.2) is 0 Å². The molecule has 0 saturated carbocycles. The Bertz CT molecular complexity index is 856. The van der Waals surface area contributed by atoms with Crippen LogP contribution < -0.4 is 10.6 Å². The number of aryl methyl sites for hydroxylation is 1. The van der Waals surface area contributed by atoms with Crippen molar-refractivity contribution in [1.29, 1.82) is 0 Å². The van der Waals surface area contributed by atoms with Gasteiger partial charge in [0.05, 0.1) is 0 Å². The monoisotopic (exact) mass is 362 g/mol. The third-order valence-corrected chi connectivity index (χ3v) is 7.43. The van der Waals surface area contributed by atoms with Crippen molar-refractivity contribution >= 4 is 23.3 Å². The van der Waals surface area contributed by atoms with E-state index < -0.39 is 7.14 Å². The second-order valence-electron chi connectivity index (χ2n) is 6.39. The number of hydrogen-bond donors (Lipinski definition) is 0. The van der Waals surface area contributed by atoms with Gasteiger partial charge >= 0.3 is 0 Å². The summed E-state index contributed by atoms with van der Waals surface area (Å²) in [6.07, 6.45) is 3.26. The first-order valence-corrected chi connectivity index (χ1v) is 10.7. The molecular weight excluding hydrogens is 339 g/mol. The summed E-state index contributed by atoms with van der Waals surface area (Å²) in [6, 6.07) is 25.7. The number of carbonyl (C=O) groups excluding carboxylic acids is 1. The first-order valence-electron chi connectivity index (χ1n) is 9.01. The largest absolute Gasteiger partial charge is 0.305 e. The molecule has 3 aromatic carbocycles. The van der Waals surface area contributed by atoms with Gasteiger partial charge in [0.15, 0.2) is 0 Å². The smallest absolute Gasteiger partial charge is 0.230 e. The topological polar surface area (TPSA) is 34.1 Å². The van der Waals surface area contributed by atoms with Crippen molar-refractivity contribution in [1.82, 2.24) is 0 Å². The Morgan fingerprint density at radius 2 is 1.27 bits per heavy atom. The molecule has 0 aliphatic heterocycles. The van der Waals surface area contributed by atoms with Crippen LogP contribution in [0.4, 0.5) is 0 Å². The van der Waals surface area contributed by atoms with Crippen LogP contribution in [0, 0.1) is 0 Å². The molecular formula is C23H23O2P. The first kappa shape index (κ1) is 18.4. The van der Waals surface area contributed by atoms with Crippen LogP contribution >= 0.6 is 7.14 Å². The minimum absolute atomic E-state index is 0.308. The molecule has 0 bridgehead atoms. The highest BCUT2D eigenvalue weighted by molar-refractivity contribution is 7.93. The van der Waals surface area contributed by atoms with Crippen LogP contribution in [-0.4, -0.2) is 5.52 Å². The zero-order valence-electron chi connectivity index (χ0n) is 15.0. The lowest BCUT2D eigenvalue weighted by Crippen LogP contribution is -2.22. The molecule has 0 unspecified atom stereocenters. The third-order valence-electron chi connectivity index (χ3n) is 4.55. The van der Waals surface area contributed by atoms with E-state index >= 15 is 0 Å². The summed E-state index contributed by atoms with van der Waals surface area (Å²) in [5.74, 6) is 0. The summed E-state index contributed by atoms with van der Waals surface area (Å²) in [5, 5.41) is 1.15. The highest BCUT2D eigenvalue weighted by atomic mass is 31.2. The molecule has 0 N–H and O–H groups in total. The zero-order chi connectivity index (χ0) is 18.4. The lowest BCUT2D eigenvalue weighted by Gasteiger charge is -2.18. The molecule has 2 nitrogen and oxygen atoms in total. The Labute approximate surface area is 155 Å². The molecule has 3 heteroatoms. The van der Waals surface area contributed by atoms with Crippen molar-refractivity contribution in [2.75, 3.05) is 0 Å². The Morgan fingerprint density at radius 3 is 1.73 bits per heavy atom. The summed E-state index contributed by atoms with van der Waals surface area (Å²) in [4.78, 5) is 13.3. The molecule has 132 valence electrons. The molecule has 0 fully saturated rings. The van der Waals surface area contributed by atoms with E-state index in [9.17, 15) is 9.36 Å². The fourth-order valence-corrected chi connectivity index (χ4v) is 5.50. The number of carbonyl (C=O) groups is 1. The Kier molecular flexibility index (Phi) is 5.85. The molecule has 0 aromatic heterocycles. The summed E-state index contributed by atoms with van der Waals surface area (Å²) >= 11 is 0. The highest BCUT2D eigenvalue weighted by Gasteiger charge is 2.36. The Balaban J connectivity index is 2.03. The van der Waals surface area contributed by atoms with Crippen molar-refractivity contribution in [2.24, 2.45) is 0 Å². The Hall–Kier alpha value is -2.44. The van der Waals surface area contributed by atoms with Crippen LogP contribution in [-0.2, 0) is 11.0 Å². The maximum atomic E-state index is 14.0. The molecule has 0 saturated heterocycles. The van der Waals surface area contributed by atoms with Gasteiger partial charge < -0.3 is 4.57 Å². The van der Waals surface area contributed by atoms with Crippen molar-refractivity contribution < 1.29 is 9.36 Å². The number of rotatable bonds is 7. The molecule has 3 aromatic rings. The van der Waals surface area contributed by atoms with Crippen molar-refractivity contribution in [3.05, 3.63) is 96.1 Å². The van der Waals surface area contributed by atoms with Gasteiger partial charge in [0.25, 0.3) is 0 Å². The Morgan fingerprint density at radius 1 is 0.769 bits per heavy atom. The van der Waals surface area contributed by atoms with Gasteiger partial charge in [0, 0.05) is 16.2 Å². The minimum Gasteiger partial charge on any atom is -0.305 e. The number of hydrogen-bond acceptors (Lipinski definition) is 2. The fourth-order valence-electron chi connectivity index (χ4n) is 3.04. The average Bonchev–Trinajstić information content (AvgIpc) is 2.73. The summed E-state index contributed by atoms with van der Waals surface area (Å²) in [6.45, 7) is 2.16. The van der Waals surface area contributed by atoms with E-state index in [1.807, 2.05) is 60.7 Å². The van der Waals surface area contributed by atoms with E-state index in [2.05, 4.69) is 6.92 Å². The fraction of sp³-hybridized carbons (Fsp3) is 0.174. The van der Waals surface area contributed by atoms with Crippen molar-refractivity contribution in [3.8, 4) is 0 Å². The average molecular weight is 362 g/mol. The summed E-state index contributed by atoms with van der Waals surface area (Å²) < 4.78 is 14.0. The molecule has 0 radical (unpaired) electrons. The van der Waals surface area contributed by atoms with Gasteiger partial charge in [0.1, 0.15) is 0 Å². The van der Waals surface area contributed by atoms with Crippen molar-refractivity contribution in [2.45, 2.75) is 26.2 Å². The second-order valence-corrected chi connectivity index (χ2v) is 9.04. The van der Waals surface area contributed by atoms with Gasteiger partial charge in [-0.1, -0.05) is 98.3 Å². The van der Waals surface area contributed by atoms with Crippen molar-refractivity contribution in [3.63, 3.8) is 0 Å². The van der Waals surface area contributed by atoms with Crippen LogP contribution in [0.5, 0.6) is 0 Å². The molecule has 26 heavy (non-hydrogen) atoms. The van der Waals surface area contributed by atoms with Gasteiger partial charge in [-0.3, -0.25) is 4.79 Å². The third kappa shape index (κ3) is 3.71. The lowest BCUT2D eigenvalue weighted by atomic mass is 10.1. The van der Waals surface area contributed by atoms with Crippen LogP contribution in [0.1, 0.15) is 35.7 Å². The molecule has 3 rings (SSSR count). The molecule has 0 aliphatic rings. The summed E-state index contributed by atoms with van der Waals surface area (Å²) in [7, 11) is -3.41. The number of unbranched alkanes of at least 4 members (excludes halogenated alkanes) is 1. The molecule has 0 spiro atoms. The van der Waals surface area contributed by atoms with Gasteiger partial charge in [-0.15, -0.1) is 0 Å². The normalized spacial score (nSPS) is 11.3. The SMILES string of the molecule is CCCCc1ccc(C(=O)P(=O)(c2ccccc2)c2ccccc2)cc1. The molecule has 0 aliphatic carbocycles. The maximum absolute atomic E-state index is 14.0. The van der Waals surface area contributed by atoms with E-state index in [1.54, 1.807) is 24.3 Å². The first-order chi connectivity index (χ1) is 12.7. The number of benzene rings is 3. The van der Waals surface area contributed by atoms with E-state index in [1.165, 1.54) is 5.56 Å². The zero-order valence-corrected chi connectivity index (χ0v) is 15.9. The van der Waals surface area contributed by atoms with Crippen LogP contribution in [0.2, 0.25) is 0 Å². The van der Waals surface area contributed by atoms with E-state index in [-0.39, 0.29) is 5.52 Å². The summed E-state index contributed by atoms with van der Waals surface area (Å²) in [5.41, 5.74) is 1.40. The molecule has 0 amide bonds.